The molecular weight excluding hydrogens is 444 g/mol. The maximum atomic E-state index is 11.8. The first kappa shape index (κ1) is 24.5. The summed E-state index contributed by atoms with van der Waals surface area (Å²) in [4.78, 5) is 28.2. The molecule has 3 aromatic heterocycles. The van der Waals surface area contributed by atoms with Gasteiger partial charge in [0.05, 0.1) is 18.4 Å². The molecule has 4 rings (SSSR count). The molecule has 0 unspecified atom stereocenters. The molecule has 0 spiro atoms. The van der Waals surface area contributed by atoms with E-state index >= 15 is 0 Å². The number of hydrogen-bond donors (Lipinski definition) is 1. The number of Topliss-reactive ketones (excluding diaryl/α,β-unsaturated/α-hetero) is 1. The van der Waals surface area contributed by atoms with Crippen molar-refractivity contribution in [3.8, 4) is 11.3 Å². The van der Waals surface area contributed by atoms with E-state index in [0.717, 1.165) is 60.4 Å². The lowest BCUT2D eigenvalue weighted by molar-refractivity contribution is -0.119. The first-order chi connectivity index (χ1) is 16.3. The van der Waals surface area contributed by atoms with Crippen molar-refractivity contribution in [1.82, 2.24) is 24.4 Å². The summed E-state index contributed by atoms with van der Waals surface area (Å²) < 4.78 is 7.90. The van der Waals surface area contributed by atoms with E-state index in [1.54, 1.807) is 6.20 Å². The number of pyridine rings is 1. The predicted octanol–water partition coefficient (Wildman–Crippen LogP) is 4.27. The number of fused-ring (bicyclic) bond motifs is 1. The lowest BCUT2D eigenvalue weighted by Crippen LogP contribution is -2.30. The van der Waals surface area contributed by atoms with Gasteiger partial charge in [0.2, 0.25) is 0 Å². The molecule has 8 nitrogen and oxygen atoms in total. The number of anilines is 1. The summed E-state index contributed by atoms with van der Waals surface area (Å²) in [5, 5.41) is 3.58. The van der Waals surface area contributed by atoms with Crippen LogP contribution >= 0.6 is 0 Å². The highest BCUT2D eigenvalue weighted by Gasteiger charge is 2.25. The SMILES string of the molecule is CCC(=O)CN1CC[C@@H](Nc2ncccc2-c2cnc3c(ccn3COCC[Si](C)(C)C)n2)C1. The molecule has 1 aliphatic rings. The van der Waals surface area contributed by atoms with Crippen LogP contribution in [0.5, 0.6) is 0 Å². The number of likely N-dealkylation sites (tertiary alicyclic amines) is 1. The van der Waals surface area contributed by atoms with Gasteiger partial charge < -0.3 is 14.6 Å². The fourth-order valence-corrected chi connectivity index (χ4v) is 4.87. The van der Waals surface area contributed by atoms with Crippen LogP contribution in [0.3, 0.4) is 0 Å². The molecule has 182 valence electrons. The molecule has 0 amide bonds. The van der Waals surface area contributed by atoms with Gasteiger partial charge in [-0.3, -0.25) is 9.69 Å². The van der Waals surface area contributed by atoms with Gasteiger partial charge in [-0.15, -0.1) is 0 Å². The van der Waals surface area contributed by atoms with Crippen LogP contribution in [-0.2, 0) is 16.3 Å². The summed E-state index contributed by atoms with van der Waals surface area (Å²) in [5.74, 6) is 1.09. The Morgan fingerprint density at radius 1 is 1.26 bits per heavy atom. The zero-order chi connectivity index (χ0) is 24.1. The molecule has 0 aromatic carbocycles. The number of carbonyl (C=O) groups excluding carboxylic acids is 1. The largest absolute Gasteiger partial charge is 0.365 e. The van der Waals surface area contributed by atoms with Crippen LogP contribution in [0.25, 0.3) is 22.4 Å². The van der Waals surface area contributed by atoms with Crippen molar-refractivity contribution < 1.29 is 9.53 Å². The minimum atomic E-state index is -1.10. The first-order valence-electron chi connectivity index (χ1n) is 12.2. The number of ketones is 1. The molecule has 1 aliphatic heterocycles. The number of nitrogens with one attached hydrogen (secondary N) is 1. The van der Waals surface area contributed by atoms with E-state index in [1.807, 2.05) is 42.1 Å². The molecule has 0 aliphatic carbocycles. The highest BCUT2D eigenvalue weighted by Crippen LogP contribution is 2.27. The first-order valence-corrected chi connectivity index (χ1v) is 15.9. The molecule has 0 saturated carbocycles. The maximum Gasteiger partial charge on any atom is 0.160 e. The number of ether oxygens (including phenoxy) is 1. The van der Waals surface area contributed by atoms with E-state index in [-0.39, 0.29) is 11.8 Å². The van der Waals surface area contributed by atoms with Crippen LogP contribution in [0.15, 0.2) is 36.8 Å². The summed E-state index contributed by atoms with van der Waals surface area (Å²) in [6.45, 7) is 12.5. The summed E-state index contributed by atoms with van der Waals surface area (Å²) in [7, 11) is -1.10. The van der Waals surface area contributed by atoms with Crippen molar-refractivity contribution in [3.63, 3.8) is 0 Å². The average Bonchev–Trinajstić information content (AvgIpc) is 3.42. The van der Waals surface area contributed by atoms with Crippen LogP contribution in [0.1, 0.15) is 19.8 Å². The van der Waals surface area contributed by atoms with E-state index in [2.05, 4.69) is 34.8 Å². The number of nitrogens with zero attached hydrogens (tertiary/aromatic N) is 5. The van der Waals surface area contributed by atoms with Gasteiger partial charge in [-0.2, -0.15) is 0 Å². The Bertz CT molecular complexity index is 1130. The third-order valence-electron chi connectivity index (χ3n) is 6.18. The molecule has 1 N–H and O–H groups in total. The Balaban J connectivity index is 1.44. The van der Waals surface area contributed by atoms with Gasteiger partial charge in [-0.25, -0.2) is 15.0 Å². The second-order valence-corrected chi connectivity index (χ2v) is 15.9. The lowest BCUT2D eigenvalue weighted by Gasteiger charge is -2.17. The topological polar surface area (TPSA) is 85.2 Å². The summed E-state index contributed by atoms with van der Waals surface area (Å²) in [6.07, 6.45) is 7.16. The quantitative estimate of drug-likeness (QED) is 0.324. The van der Waals surface area contributed by atoms with Crippen molar-refractivity contribution in [2.75, 3.05) is 31.6 Å². The Kier molecular flexibility index (Phi) is 7.75. The third kappa shape index (κ3) is 6.28. The van der Waals surface area contributed by atoms with Crippen molar-refractivity contribution in [1.29, 1.82) is 0 Å². The fraction of sp³-hybridized carbons (Fsp3) is 0.520. The number of carbonyl (C=O) groups is 1. The highest BCUT2D eigenvalue weighted by molar-refractivity contribution is 6.76. The summed E-state index contributed by atoms with van der Waals surface area (Å²) in [6, 6.07) is 7.33. The van der Waals surface area contributed by atoms with Gasteiger partial charge in [0.15, 0.2) is 5.65 Å². The second-order valence-electron chi connectivity index (χ2n) is 10.3. The molecule has 0 bridgehead atoms. The maximum absolute atomic E-state index is 11.8. The molecule has 3 aromatic rings. The Hall–Kier alpha value is -2.62. The number of aromatic nitrogens is 4. The smallest absolute Gasteiger partial charge is 0.160 e. The van der Waals surface area contributed by atoms with E-state index in [4.69, 9.17) is 14.7 Å². The molecule has 34 heavy (non-hydrogen) atoms. The van der Waals surface area contributed by atoms with Crippen molar-refractivity contribution in [2.24, 2.45) is 0 Å². The van der Waals surface area contributed by atoms with E-state index < -0.39 is 8.07 Å². The molecule has 0 radical (unpaired) electrons. The van der Waals surface area contributed by atoms with Gasteiger partial charge in [0.1, 0.15) is 23.8 Å². The van der Waals surface area contributed by atoms with Crippen molar-refractivity contribution >= 4 is 30.8 Å². The fourth-order valence-electron chi connectivity index (χ4n) is 4.11. The van der Waals surface area contributed by atoms with Gasteiger partial charge in [-0.1, -0.05) is 26.6 Å². The minimum absolute atomic E-state index is 0.254. The lowest BCUT2D eigenvalue weighted by atomic mass is 10.1. The third-order valence-corrected chi connectivity index (χ3v) is 7.89. The van der Waals surface area contributed by atoms with Gasteiger partial charge >= 0.3 is 0 Å². The van der Waals surface area contributed by atoms with Crippen LogP contribution in [0.2, 0.25) is 25.7 Å². The van der Waals surface area contributed by atoms with Gasteiger partial charge in [0, 0.05) is 58.2 Å². The van der Waals surface area contributed by atoms with Crippen molar-refractivity contribution in [2.45, 2.75) is 58.2 Å². The van der Waals surface area contributed by atoms with Crippen molar-refractivity contribution in [3.05, 3.63) is 36.8 Å². The zero-order valence-corrected chi connectivity index (χ0v) is 21.8. The van der Waals surface area contributed by atoms with Gasteiger partial charge in [0.25, 0.3) is 0 Å². The highest BCUT2D eigenvalue weighted by atomic mass is 28.3. The molecular formula is C25H36N6O2Si. The normalized spacial score (nSPS) is 16.9. The van der Waals surface area contributed by atoms with Crippen LogP contribution in [-0.4, -0.2) is 70.6 Å². The average molecular weight is 481 g/mol. The molecule has 9 heteroatoms. The Labute approximate surface area is 202 Å². The second kappa shape index (κ2) is 10.8. The molecule has 1 saturated heterocycles. The van der Waals surface area contributed by atoms with Crippen LogP contribution < -0.4 is 5.32 Å². The molecule has 1 atom stereocenters. The minimum Gasteiger partial charge on any atom is -0.365 e. The Morgan fingerprint density at radius 3 is 2.91 bits per heavy atom. The summed E-state index contributed by atoms with van der Waals surface area (Å²) in [5.41, 5.74) is 3.38. The van der Waals surface area contributed by atoms with E-state index in [0.29, 0.717) is 19.7 Å². The van der Waals surface area contributed by atoms with Crippen LogP contribution in [0, 0.1) is 0 Å². The van der Waals surface area contributed by atoms with Crippen LogP contribution in [0.4, 0.5) is 5.82 Å². The zero-order valence-electron chi connectivity index (χ0n) is 20.8. The molecule has 4 heterocycles. The van der Waals surface area contributed by atoms with E-state index in [9.17, 15) is 4.79 Å². The monoisotopic (exact) mass is 480 g/mol. The van der Waals surface area contributed by atoms with Gasteiger partial charge in [-0.05, 0) is 30.7 Å². The standard InChI is InChI=1S/C25H36N6O2Si/c1-5-20(32)17-30-11-8-19(16-30)28-24-21(7-6-10-26-24)23-15-27-25-22(29-23)9-12-31(25)18-33-13-14-34(2,3)4/h6-7,9-10,12,15,19H,5,8,11,13-14,16-18H2,1-4H3,(H,26,28)/t19-/m1/s1. The van der Waals surface area contributed by atoms with E-state index in [1.165, 1.54) is 0 Å². The Morgan fingerprint density at radius 2 is 2.12 bits per heavy atom. The summed E-state index contributed by atoms with van der Waals surface area (Å²) >= 11 is 0. The predicted molar refractivity (Wildman–Crippen MR) is 139 cm³/mol. The molecule has 1 fully saturated rings. The number of hydrogen-bond acceptors (Lipinski definition) is 7. The number of rotatable bonds is 11.